The van der Waals surface area contributed by atoms with Crippen molar-refractivity contribution in [2.75, 3.05) is 0 Å². The number of amidine groups is 1. The minimum Gasteiger partial charge on any atom is -0.300 e. The minimum absolute atomic E-state index is 0.0942. The molecule has 1 aliphatic heterocycles. The second kappa shape index (κ2) is 6.84. The highest BCUT2D eigenvalue weighted by Gasteiger charge is 2.23. The summed E-state index contributed by atoms with van der Waals surface area (Å²) < 4.78 is 0. The number of carbonyl (C=O) groups is 1. The van der Waals surface area contributed by atoms with Gasteiger partial charge in [0.1, 0.15) is 0 Å². The Hall–Kier alpha value is -2.33. The van der Waals surface area contributed by atoms with Gasteiger partial charge < -0.3 is 5.32 Å². The van der Waals surface area contributed by atoms with Gasteiger partial charge in [-0.05, 0) is 48.4 Å². The average molecular weight is 322 g/mol. The van der Waals surface area contributed by atoms with Gasteiger partial charge in [-0.1, -0.05) is 55.0 Å². The van der Waals surface area contributed by atoms with E-state index in [1.54, 1.807) is 0 Å². The first-order valence-corrected chi connectivity index (χ1v) is 8.41. The van der Waals surface area contributed by atoms with Crippen LogP contribution in [0.15, 0.2) is 58.4 Å². The number of para-hydroxylation sites is 1. The molecule has 23 heavy (non-hydrogen) atoms. The van der Waals surface area contributed by atoms with Crippen LogP contribution in [0.5, 0.6) is 0 Å². The number of amides is 1. The maximum absolute atomic E-state index is 12.1. The van der Waals surface area contributed by atoms with Crippen LogP contribution in [0.4, 0.5) is 5.69 Å². The fourth-order valence-corrected chi connectivity index (χ4v) is 3.16. The minimum atomic E-state index is -0.0942. The van der Waals surface area contributed by atoms with Crippen LogP contribution in [0.2, 0.25) is 0 Å². The lowest BCUT2D eigenvalue weighted by molar-refractivity contribution is -0.115. The fraction of sp³-hybridized carbons (Fsp3) is 0.158. The first kappa shape index (κ1) is 15.6. The third-order valence-corrected chi connectivity index (χ3v) is 4.53. The highest BCUT2D eigenvalue weighted by Crippen LogP contribution is 2.29. The van der Waals surface area contributed by atoms with Gasteiger partial charge in [-0.15, -0.1) is 0 Å². The number of nitrogens with one attached hydrogen (secondary N) is 1. The maximum Gasteiger partial charge on any atom is 0.264 e. The Morgan fingerprint density at radius 1 is 1.13 bits per heavy atom. The van der Waals surface area contributed by atoms with Crippen molar-refractivity contribution in [3.8, 4) is 0 Å². The number of hydrogen-bond acceptors (Lipinski definition) is 3. The summed E-state index contributed by atoms with van der Waals surface area (Å²) in [6, 6.07) is 16.1. The molecule has 1 aliphatic rings. The Morgan fingerprint density at radius 2 is 1.87 bits per heavy atom. The Morgan fingerprint density at radius 3 is 2.61 bits per heavy atom. The van der Waals surface area contributed by atoms with Crippen molar-refractivity contribution in [2.45, 2.75) is 20.3 Å². The summed E-state index contributed by atoms with van der Waals surface area (Å²) in [7, 11) is 0. The van der Waals surface area contributed by atoms with Crippen LogP contribution in [-0.2, 0) is 11.2 Å². The van der Waals surface area contributed by atoms with Crippen LogP contribution in [0.3, 0.4) is 0 Å². The van der Waals surface area contributed by atoms with E-state index in [4.69, 9.17) is 0 Å². The number of benzene rings is 2. The van der Waals surface area contributed by atoms with Crippen LogP contribution in [0.1, 0.15) is 23.6 Å². The van der Waals surface area contributed by atoms with E-state index in [2.05, 4.69) is 23.3 Å². The van der Waals surface area contributed by atoms with Gasteiger partial charge >= 0.3 is 0 Å². The molecule has 0 spiro atoms. The number of nitrogens with zero attached hydrogens (tertiary/aromatic N) is 1. The standard InChI is InChI=1S/C19H18N2OS/c1-3-15-6-4-5-7-16(15)20-19-21-18(22)17(23-19)12-14-10-8-13(2)9-11-14/h4-12H,3H2,1-2H3,(H,20,21,22)/b17-12-. The summed E-state index contributed by atoms with van der Waals surface area (Å²) in [5.41, 5.74) is 4.30. The van der Waals surface area contributed by atoms with E-state index >= 15 is 0 Å². The first-order valence-electron chi connectivity index (χ1n) is 7.60. The molecule has 3 nitrogen and oxygen atoms in total. The molecule has 116 valence electrons. The molecule has 2 aromatic rings. The van der Waals surface area contributed by atoms with Crippen LogP contribution in [0.25, 0.3) is 6.08 Å². The van der Waals surface area contributed by atoms with Gasteiger partial charge in [-0.3, -0.25) is 4.79 Å². The lowest BCUT2D eigenvalue weighted by Crippen LogP contribution is -2.19. The lowest BCUT2D eigenvalue weighted by Gasteiger charge is -2.02. The molecule has 3 rings (SSSR count). The predicted molar refractivity (Wildman–Crippen MR) is 97.8 cm³/mol. The number of aryl methyl sites for hydroxylation is 2. The van der Waals surface area contributed by atoms with E-state index in [0.29, 0.717) is 10.1 Å². The van der Waals surface area contributed by atoms with E-state index in [1.165, 1.54) is 22.9 Å². The first-order chi connectivity index (χ1) is 11.2. The van der Waals surface area contributed by atoms with Gasteiger partial charge in [0.2, 0.25) is 0 Å². The number of aliphatic imine (C=N–C) groups is 1. The van der Waals surface area contributed by atoms with Gasteiger partial charge in [-0.2, -0.15) is 0 Å². The molecule has 0 aromatic heterocycles. The largest absolute Gasteiger partial charge is 0.300 e. The number of carbonyl (C=O) groups excluding carboxylic acids is 1. The molecular weight excluding hydrogens is 304 g/mol. The average Bonchev–Trinajstić information content (AvgIpc) is 2.89. The topological polar surface area (TPSA) is 41.5 Å². The second-order valence-electron chi connectivity index (χ2n) is 5.37. The number of hydrogen-bond donors (Lipinski definition) is 1. The molecule has 0 saturated carbocycles. The van der Waals surface area contributed by atoms with E-state index < -0.39 is 0 Å². The molecule has 4 heteroatoms. The Labute approximate surface area is 140 Å². The van der Waals surface area contributed by atoms with Crippen molar-refractivity contribution in [1.82, 2.24) is 5.32 Å². The quantitative estimate of drug-likeness (QED) is 0.848. The van der Waals surface area contributed by atoms with Gasteiger partial charge in [0.05, 0.1) is 10.6 Å². The van der Waals surface area contributed by atoms with Crippen molar-refractivity contribution in [3.63, 3.8) is 0 Å². The Bertz CT molecular complexity index is 791. The summed E-state index contributed by atoms with van der Waals surface area (Å²) in [5, 5.41) is 3.47. The monoisotopic (exact) mass is 322 g/mol. The molecule has 0 atom stereocenters. The van der Waals surface area contributed by atoms with Crippen molar-refractivity contribution < 1.29 is 4.79 Å². The zero-order chi connectivity index (χ0) is 16.2. The summed E-state index contributed by atoms with van der Waals surface area (Å²) in [4.78, 5) is 17.4. The zero-order valence-electron chi connectivity index (χ0n) is 13.2. The molecule has 1 saturated heterocycles. The third kappa shape index (κ3) is 3.71. The summed E-state index contributed by atoms with van der Waals surface area (Å²) in [6.45, 7) is 4.14. The van der Waals surface area contributed by atoms with Gasteiger partial charge in [0, 0.05) is 0 Å². The van der Waals surface area contributed by atoms with Crippen molar-refractivity contribution in [1.29, 1.82) is 0 Å². The van der Waals surface area contributed by atoms with Crippen molar-refractivity contribution in [3.05, 3.63) is 70.1 Å². The normalized spacial score (nSPS) is 17.7. The lowest BCUT2D eigenvalue weighted by atomic mass is 10.1. The molecule has 1 N–H and O–H groups in total. The van der Waals surface area contributed by atoms with E-state index in [-0.39, 0.29) is 5.91 Å². The highest BCUT2D eigenvalue weighted by molar-refractivity contribution is 8.18. The SMILES string of the molecule is CCc1ccccc1N=C1NC(=O)/C(=C/c2ccc(C)cc2)S1. The summed E-state index contributed by atoms with van der Waals surface area (Å²) in [6.07, 6.45) is 2.81. The summed E-state index contributed by atoms with van der Waals surface area (Å²) >= 11 is 1.38. The van der Waals surface area contributed by atoms with E-state index in [9.17, 15) is 4.79 Å². The number of rotatable bonds is 3. The highest BCUT2D eigenvalue weighted by atomic mass is 32.2. The molecule has 2 aromatic carbocycles. The maximum atomic E-state index is 12.1. The smallest absolute Gasteiger partial charge is 0.264 e. The molecule has 0 bridgehead atoms. The van der Waals surface area contributed by atoms with Crippen LogP contribution in [0, 0.1) is 6.92 Å². The third-order valence-electron chi connectivity index (χ3n) is 3.62. The Balaban J connectivity index is 1.84. The molecule has 1 fully saturated rings. The zero-order valence-corrected chi connectivity index (χ0v) is 14.0. The Kier molecular flexibility index (Phi) is 4.63. The van der Waals surface area contributed by atoms with Gasteiger partial charge in [-0.25, -0.2) is 4.99 Å². The molecular formula is C19H18N2OS. The molecule has 0 unspecified atom stereocenters. The van der Waals surface area contributed by atoms with Crippen LogP contribution < -0.4 is 5.32 Å². The van der Waals surface area contributed by atoms with Crippen LogP contribution >= 0.6 is 11.8 Å². The van der Waals surface area contributed by atoms with Gasteiger partial charge in [0.15, 0.2) is 5.17 Å². The van der Waals surface area contributed by atoms with Gasteiger partial charge in [0.25, 0.3) is 5.91 Å². The summed E-state index contributed by atoms with van der Waals surface area (Å²) in [5.74, 6) is -0.0942. The van der Waals surface area contributed by atoms with E-state index in [1.807, 2.05) is 55.5 Å². The molecule has 0 radical (unpaired) electrons. The van der Waals surface area contributed by atoms with E-state index in [0.717, 1.165) is 17.7 Å². The van der Waals surface area contributed by atoms with Crippen molar-refractivity contribution >= 4 is 34.6 Å². The molecule has 0 aliphatic carbocycles. The van der Waals surface area contributed by atoms with Crippen LogP contribution in [-0.4, -0.2) is 11.1 Å². The predicted octanol–water partition coefficient (Wildman–Crippen LogP) is 4.45. The number of thioether (sulfide) groups is 1. The van der Waals surface area contributed by atoms with Crippen molar-refractivity contribution in [2.24, 2.45) is 4.99 Å². The fourth-order valence-electron chi connectivity index (χ4n) is 2.32. The molecule has 1 heterocycles. The second-order valence-corrected chi connectivity index (χ2v) is 6.41. The molecule has 1 amide bonds.